The zero-order chi connectivity index (χ0) is 21.2. The van der Waals surface area contributed by atoms with Gasteiger partial charge in [0.2, 0.25) is 5.91 Å². The van der Waals surface area contributed by atoms with Gasteiger partial charge in [0, 0.05) is 42.1 Å². The minimum Gasteiger partial charge on any atom is -0.376 e. The van der Waals surface area contributed by atoms with E-state index in [2.05, 4.69) is 16.0 Å². The van der Waals surface area contributed by atoms with Gasteiger partial charge in [-0.05, 0) is 69.3 Å². The van der Waals surface area contributed by atoms with Crippen LogP contribution in [0, 0.1) is 0 Å². The van der Waals surface area contributed by atoms with Gasteiger partial charge in [-0.15, -0.1) is 0 Å². The van der Waals surface area contributed by atoms with E-state index in [0.29, 0.717) is 36.4 Å². The smallest absolute Gasteiger partial charge is 0.253 e. The Bertz CT molecular complexity index is 828. The van der Waals surface area contributed by atoms with Gasteiger partial charge in [0.05, 0.1) is 6.54 Å². The quantitative estimate of drug-likeness (QED) is 0.608. The fourth-order valence-electron chi connectivity index (χ4n) is 2.78. The van der Waals surface area contributed by atoms with Crippen molar-refractivity contribution in [1.82, 2.24) is 10.2 Å². The predicted octanol–water partition coefficient (Wildman–Crippen LogP) is 2.97. The lowest BCUT2D eigenvalue weighted by atomic mass is 10.1. The van der Waals surface area contributed by atoms with Crippen molar-refractivity contribution >= 4 is 29.1 Å². The third kappa shape index (κ3) is 6.34. The Kier molecular flexibility index (Phi) is 8.21. The highest BCUT2D eigenvalue weighted by Crippen LogP contribution is 2.13. The van der Waals surface area contributed by atoms with Crippen LogP contribution >= 0.6 is 0 Å². The van der Waals surface area contributed by atoms with E-state index in [-0.39, 0.29) is 24.3 Å². The molecule has 2 rings (SSSR count). The van der Waals surface area contributed by atoms with Crippen molar-refractivity contribution in [2.45, 2.75) is 20.8 Å². The third-order valence-electron chi connectivity index (χ3n) is 4.40. The molecule has 0 saturated heterocycles. The summed E-state index contributed by atoms with van der Waals surface area (Å²) in [6.45, 7) is 7.72. The van der Waals surface area contributed by atoms with Crippen molar-refractivity contribution in [3.63, 3.8) is 0 Å². The summed E-state index contributed by atoms with van der Waals surface area (Å²) in [5.41, 5.74) is 2.53. The van der Waals surface area contributed by atoms with E-state index in [1.54, 1.807) is 53.4 Å². The molecule has 154 valence electrons. The van der Waals surface area contributed by atoms with E-state index in [1.165, 1.54) is 0 Å². The molecular formula is C22H28N4O3. The van der Waals surface area contributed by atoms with Crippen LogP contribution in [0.4, 0.5) is 11.4 Å². The molecule has 29 heavy (non-hydrogen) atoms. The molecule has 2 aromatic carbocycles. The van der Waals surface area contributed by atoms with Crippen LogP contribution < -0.4 is 16.0 Å². The molecule has 7 nitrogen and oxygen atoms in total. The lowest BCUT2D eigenvalue weighted by Crippen LogP contribution is -2.30. The second kappa shape index (κ2) is 10.8. The van der Waals surface area contributed by atoms with Crippen LogP contribution in [0.1, 0.15) is 41.5 Å². The number of anilines is 2. The number of nitrogens with zero attached hydrogens (tertiary/aromatic N) is 1. The Morgan fingerprint density at radius 1 is 0.793 bits per heavy atom. The second-order valence-corrected chi connectivity index (χ2v) is 6.39. The van der Waals surface area contributed by atoms with Gasteiger partial charge in [-0.25, -0.2) is 0 Å². The van der Waals surface area contributed by atoms with E-state index < -0.39 is 0 Å². The summed E-state index contributed by atoms with van der Waals surface area (Å²) in [6.07, 6.45) is 0. The van der Waals surface area contributed by atoms with Crippen LogP contribution in [-0.4, -0.2) is 48.8 Å². The first-order valence-corrected chi connectivity index (χ1v) is 9.79. The van der Waals surface area contributed by atoms with Gasteiger partial charge in [-0.1, -0.05) is 0 Å². The number of benzene rings is 2. The number of nitrogens with one attached hydrogen (secondary N) is 3. The summed E-state index contributed by atoms with van der Waals surface area (Å²) in [5.74, 6) is -0.356. The van der Waals surface area contributed by atoms with Gasteiger partial charge in [-0.3, -0.25) is 14.4 Å². The monoisotopic (exact) mass is 396 g/mol. The maximum absolute atomic E-state index is 12.3. The maximum Gasteiger partial charge on any atom is 0.253 e. The van der Waals surface area contributed by atoms with Crippen LogP contribution in [0.5, 0.6) is 0 Å². The first kappa shape index (κ1) is 21.9. The van der Waals surface area contributed by atoms with Gasteiger partial charge in [0.25, 0.3) is 11.8 Å². The van der Waals surface area contributed by atoms with Crippen molar-refractivity contribution < 1.29 is 14.4 Å². The molecule has 0 heterocycles. The number of carbonyl (C=O) groups is 3. The van der Waals surface area contributed by atoms with Gasteiger partial charge in [0.1, 0.15) is 0 Å². The SMILES string of the molecule is CCNC(=O)c1ccc(NCC(=O)Nc2ccc(C(=O)N(CC)CC)cc2)cc1. The Balaban J connectivity index is 1.86. The molecule has 0 fully saturated rings. The highest BCUT2D eigenvalue weighted by atomic mass is 16.2. The van der Waals surface area contributed by atoms with Crippen LogP contribution in [0.25, 0.3) is 0 Å². The highest BCUT2D eigenvalue weighted by Gasteiger charge is 2.12. The average Bonchev–Trinajstić information content (AvgIpc) is 2.74. The van der Waals surface area contributed by atoms with Crippen molar-refractivity contribution in [3.8, 4) is 0 Å². The summed E-state index contributed by atoms with van der Waals surface area (Å²) in [6, 6.07) is 13.8. The zero-order valence-corrected chi connectivity index (χ0v) is 17.1. The highest BCUT2D eigenvalue weighted by molar-refractivity contribution is 5.97. The third-order valence-corrected chi connectivity index (χ3v) is 4.40. The number of amides is 3. The molecular weight excluding hydrogens is 368 g/mol. The predicted molar refractivity (Wildman–Crippen MR) is 115 cm³/mol. The molecule has 7 heteroatoms. The summed E-state index contributed by atoms with van der Waals surface area (Å²) in [7, 11) is 0. The minimum atomic E-state index is -0.208. The molecule has 0 aliphatic carbocycles. The van der Waals surface area contributed by atoms with E-state index in [4.69, 9.17) is 0 Å². The van der Waals surface area contributed by atoms with E-state index in [0.717, 1.165) is 5.69 Å². The zero-order valence-electron chi connectivity index (χ0n) is 17.1. The Morgan fingerprint density at radius 3 is 1.90 bits per heavy atom. The number of rotatable bonds is 9. The molecule has 2 aromatic rings. The molecule has 3 N–H and O–H groups in total. The van der Waals surface area contributed by atoms with Gasteiger partial charge < -0.3 is 20.9 Å². The lowest BCUT2D eigenvalue weighted by molar-refractivity contribution is -0.114. The summed E-state index contributed by atoms with van der Waals surface area (Å²) in [4.78, 5) is 37.9. The fourth-order valence-corrected chi connectivity index (χ4v) is 2.78. The fraction of sp³-hybridized carbons (Fsp3) is 0.318. The number of hydrogen-bond donors (Lipinski definition) is 3. The summed E-state index contributed by atoms with van der Waals surface area (Å²) < 4.78 is 0. The molecule has 0 saturated carbocycles. The molecule has 0 spiro atoms. The summed E-state index contributed by atoms with van der Waals surface area (Å²) >= 11 is 0. The first-order valence-electron chi connectivity index (χ1n) is 9.79. The normalized spacial score (nSPS) is 10.2. The second-order valence-electron chi connectivity index (χ2n) is 6.39. The molecule has 0 aliphatic rings. The van der Waals surface area contributed by atoms with Gasteiger partial charge >= 0.3 is 0 Å². The van der Waals surface area contributed by atoms with Crippen LogP contribution in [-0.2, 0) is 4.79 Å². The van der Waals surface area contributed by atoms with Crippen molar-refractivity contribution in [1.29, 1.82) is 0 Å². The summed E-state index contributed by atoms with van der Waals surface area (Å²) in [5, 5.41) is 8.54. The Labute approximate surface area is 171 Å². The number of carbonyl (C=O) groups excluding carboxylic acids is 3. The Hall–Kier alpha value is -3.35. The minimum absolute atomic E-state index is 0.0226. The molecule has 0 atom stereocenters. The molecule has 0 unspecified atom stereocenters. The molecule has 0 aliphatic heterocycles. The largest absolute Gasteiger partial charge is 0.376 e. The van der Waals surface area contributed by atoms with Crippen molar-refractivity contribution in [2.75, 3.05) is 36.8 Å². The average molecular weight is 396 g/mol. The van der Waals surface area contributed by atoms with E-state index in [1.807, 2.05) is 20.8 Å². The standard InChI is InChI=1S/C22H28N4O3/c1-4-23-21(28)16-7-11-18(12-8-16)24-15-20(27)25-19-13-9-17(10-14-19)22(29)26(5-2)6-3/h7-14,24H,4-6,15H2,1-3H3,(H,23,28)(H,25,27). The van der Waals surface area contributed by atoms with Crippen LogP contribution in [0.2, 0.25) is 0 Å². The van der Waals surface area contributed by atoms with Crippen LogP contribution in [0.3, 0.4) is 0 Å². The topological polar surface area (TPSA) is 90.5 Å². The lowest BCUT2D eigenvalue weighted by Gasteiger charge is -2.18. The number of hydrogen-bond acceptors (Lipinski definition) is 4. The Morgan fingerprint density at radius 2 is 1.34 bits per heavy atom. The molecule has 0 bridgehead atoms. The van der Waals surface area contributed by atoms with Crippen LogP contribution in [0.15, 0.2) is 48.5 Å². The first-order chi connectivity index (χ1) is 14.0. The van der Waals surface area contributed by atoms with Gasteiger partial charge in [0.15, 0.2) is 0 Å². The molecule has 3 amide bonds. The molecule has 0 aromatic heterocycles. The van der Waals surface area contributed by atoms with Gasteiger partial charge in [-0.2, -0.15) is 0 Å². The van der Waals surface area contributed by atoms with E-state index >= 15 is 0 Å². The molecule has 0 radical (unpaired) electrons. The van der Waals surface area contributed by atoms with E-state index in [9.17, 15) is 14.4 Å². The maximum atomic E-state index is 12.3. The van der Waals surface area contributed by atoms with Crippen molar-refractivity contribution in [2.24, 2.45) is 0 Å². The van der Waals surface area contributed by atoms with Crippen molar-refractivity contribution in [3.05, 3.63) is 59.7 Å².